The Labute approximate surface area is 291 Å². The highest BCUT2D eigenvalue weighted by Gasteiger charge is 2.56. The van der Waals surface area contributed by atoms with Crippen molar-refractivity contribution in [2.24, 2.45) is 5.92 Å². The van der Waals surface area contributed by atoms with E-state index in [-0.39, 0.29) is 43.1 Å². The van der Waals surface area contributed by atoms with E-state index in [4.69, 9.17) is 9.47 Å². The molecule has 0 bridgehead atoms. The third kappa shape index (κ3) is 7.61. The average Bonchev–Trinajstić information content (AvgIpc) is 3.49. The molecule has 6 rings (SSSR count). The number of benzene rings is 2. The van der Waals surface area contributed by atoms with Crippen LogP contribution in [0.5, 0.6) is 5.75 Å². The molecule has 0 spiro atoms. The number of halogens is 4. The molecule has 274 valence electrons. The van der Waals surface area contributed by atoms with Gasteiger partial charge in [-0.15, -0.1) is 0 Å². The maximum absolute atomic E-state index is 17.5. The fourth-order valence-electron chi connectivity index (χ4n) is 8.59. The van der Waals surface area contributed by atoms with Crippen molar-refractivity contribution in [2.45, 2.75) is 94.1 Å². The Balaban J connectivity index is 1.19. The summed E-state index contributed by atoms with van der Waals surface area (Å²) in [6, 6.07) is 11.2. The number of methoxy groups -OCH3 is 1. The number of esters is 1. The fourth-order valence-corrected chi connectivity index (χ4v) is 8.59. The second kappa shape index (κ2) is 15.1. The summed E-state index contributed by atoms with van der Waals surface area (Å²) in [7, 11) is 1.57. The lowest BCUT2D eigenvalue weighted by atomic mass is 9.83. The molecule has 1 saturated carbocycles. The molecule has 0 aromatic heterocycles. The van der Waals surface area contributed by atoms with Crippen LogP contribution < -0.4 is 9.64 Å². The summed E-state index contributed by atoms with van der Waals surface area (Å²) < 4.78 is 69.5. The highest BCUT2D eigenvalue weighted by atomic mass is 19.4. The Hall–Kier alpha value is -3.38. The molecular weight excluding hydrogens is 654 g/mol. The number of hydrogen-bond acceptors (Lipinski definition) is 7. The van der Waals surface area contributed by atoms with Gasteiger partial charge in [-0.2, -0.15) is 13.2 Å². The van der Waals surface area contributed by atoms with Crippen molar-refractivity contribution in [2.75, 3.05) is 57.9 Å². The number of aliphatic hydroxyl groups excluding tert-OH is 1. The smallest absolute Gasteiger partial charge is 0.416 e. The van der Waals surface area contributed by atoms with Crippen LogP contribution in [0.15, 0.2) is 42.5 Å². The summed E-state index contributed by atoms with van der Waals surface area (Å²) in [5.41, 5.74) is -0.843. The summed E-state index contributed by atoms with van der Waals surface area (Å²) in [6.07, 6.45) is -0.0466. The number of nitrogens with zero attached hydrogens (tertiary/aromatic N) is 3. The number of piperidine rings is 2. The molecule has 2 atom stereocenters. The number of hydrogen-bond donors (Lipinski definition) is 1. The van der Waals surface area contributed by atoms with Crippen molar-refractivity contribution in [3.63, 3.8) is 0 Å². The Kier molecular flexibility index (Phi) is 11.0. The molecule has 0 radical (unpaired) electrons. The van der Waals surface area contributed by atoms with Gasteiger partial charge in [0.05, 0.1) is 31.3 Å². The van der Waals surface area contributed by atoms with Gasteiger partial charge in [-0.25, -0.2) is 4.39 Å². The third-order valence-electron chi connectivity index (χ3n) is 11.5. The number of ether oxygens (including phenoxy) is 2. The predicted molar refractivity (Wildman–Crippen MR) is 181 cm³/mol. The Morgan fingerprint density at radius 3 is 2.18 bits per heavy atom. The van der Waals surface area contributed by atoms with Gasteiger partial charge in [0.1, 0.15) is 5.75 Å². The Bertz CT molecular complexity index is 1480. The highest BCUT2D eigenvalue weighted by molar-refractivity contribution is 5.87. The fraction of sp³-hybridized carbons (Fsp3) is 0.632. The van der Waals surface area contributed by atoms with Crippen molar-refractivity contribution < 1.29 is 41.7 Å². The van der Waals surface area contributed by atoms with Crippen molar-refractivity contribution in [3.05, 3.63) is 59.2 Å². The molecule has 12 heteroatoms. The lowest BCUT2D eigenvalue weighted by Gasteiger charge is -2.39. The molecule has 4 aliphatic rings. The van der Waals surface area contributed by atoms with E-state index < -0.39 is 29.2 Å². The molecule has 8 nitrogen and oxygen atoms in total. The van der Waals surface area contributed by atoms with Crippen LogP contribution >= 0.6 is 0 Å². The second-order valence-corrected chi connectivity index (χ2v) is 14.4. The monoisotopic (exact) mass is 703 g/mol. The van der Waals surface area contributed by atoms with Crippen LogP contribution in [0, 0.1) is 5.92 Å². The van der Waals surface area contributed by atoms with Crippen LogP contribution in [0.3, 0.4) is 0 Å². The molecule has 2 aromatic rings. The molecule has 1 N–H and O–H groups in total. The van der Waals surface area contributed by atoms with E-state index in [1.165, 1.54) is 6.07 Å². The van der Waals surface area contributed by atoms with E-state index in [1.54, 1.807) is 37.1 Å². The zero-order valence-electron chi connectivity index (χ0n) is 29.0. The van der Waals surface area contributed by atoms with Crippen LogP contribution in [0.1, 0.15) is 86.8 Å². The molecule has 2 aromatic carbocycles. The summed E-state index contributed by atoms with van der Waals surface area (Å²) in [6.45, 7) is 3.87. The van der Waals surface area contributed by atoms with Crippen LogP contribution in [0.25, 0.3) is 0 Å². The number of carbonyl (C=O) groups is 2. The highest BCUT2D eigenvalue weighted by Crippen LogP contribution is 2.45. The van der Waals surface area contributed by atoms with E-state index in [9.17, 15) is 27.9 Å². The second-order valence-electron chi connectivity index (χ2n) is 14.4. The first kappa shape index (κ1) is 36.4. The molecule has 50 heavy (non-hydrogen) atoms. The Morgan fingerprint density at radius 1 is 0.920 bits per heavy atom. The van der Waals surface area contributed by atoms with Crippen LogP contribution in [-0.4, -0.2) is 97.6 Å². The largest absolute Gasteiger partial charge is 0.497 e. The van der Waals surface area contributed by atoms with Gasteiger partial charge in [-0.05, 0) is 99.6 Å². The van der Waals surface area contributed by atoms with E-state index >= 15 is 4.39 Å². The van der Waals surface area contributed by atoms with Crippen LogP contribution in [0.2, 0.25) is 0 Å². The van der Waals surface area contributed by atoms with Gasteiger partial charge in [0, 0.05) is 56.9 Å². The molecule has 1 aliphatic carbocycles. The van der Waals surface area contributed by atoms with Crippen molar-refractivity contribution in [1.29, 1.82) is 0 Å². The van der Waals surface area contributed by atoms with E-state index in [0.717, 1.165) is 30.0 Å². The molecule has 0 unspecified atom stereocenters. The van der Waals surface area contributed by atoms with Gasteiger partial charge in [0.25, 0.3) is 5.91 Å². The minimum atomic E-state index is -4.51. The van der Waals surface area contributed by atoms with Crippen molar-refractivity contribution in [3.8, 4) is 5.75 Å². The summed E-state index contributed by atoms with van der Waals surface area (Å²) in [4.78, 5) is 32.2. The van der Waals surface area contributed by atoms with Crippen molar-refractivity contribution in [1.82, 2.24) is 9.80 Å². The molecular formula is C38H49F4N3O5. The molecule has 3 heterocycles. The first-order valence-corrected chi connectivity index (χ1v) is 18.1. The predicted octanol–water partition coefficient (Wildman–Crippen LogP) is 6.31. The molecule has 1 amide bonds. The minimum Gasteiger partial charge on any atom is -0.497 e. The van der Waals surface area contributed by atoms with Gasteiger partial charge in [-0.3, -0.25) is 14.5 Å². The summed E-state index contributed by atoms with van der Waals surface area (Å²) >= 11 is 0. The number of likely N-dealkylation sites (tertiary alicyclic amines) is 2. The molecule has 4 fully saturated rings. The van der Waals surface area contributed by atoms with E-state index in [1.807, 2.05) is 17.0 Å². The van der Waals surface area contributed by atoms with Crippen molar-refractivity contribution >= 4 is 17.6 Å². The van der Waals surface area contributed by atoms with Gasteiger partial charge in [-0.1, -0.05) is 18.2 Å². The number of aliphatic hydroxyl groups is 1. The quantitative estimate of drug-likeness (QED) is 0.255. The standard InChI is InChI=1S/C38H49F4N3O5/c1-3-50-35(47)27-16-18-43(19-17-27)34-22-28(38(40,41)42)6-13-32(34)25-14-20-44(21-15-25)36(48)37(39)24-45(29-7-9-30(46)10-8-29)23-33(37)26-4-11-31(49-2)12-5-26/h4-6,11-13,22,25,27,29-30,33,46H,3,7-10,14-21,23-24H2,1-2H3/t29-,30-,33-,37-/m0/s1. The number of rotatable bonds is 8. The molecule has 3 saturated heterocycles. The van der Waals surface area contributed by atoms with Gasteiger partial charge in [0.2, 0.25) is 5.67 Å². The van der Waals surface area contributed by atoms with Gasteiger partial charge in [0.15, 0.2) is 0 Å². The van der Waals surface area contributed by atoms with E-state index in [0.29, 0.717) is 82.7 Å². The van der Waals surface area contributed by atoms with Gasteiger partial charge >= 0.3 is 12.1 Å². The van der Waals surface area contributed by atoms with Crippen LogP contribution in [0.4, 0.5) is 23.2 Å². The maximum Gasteiger partial charge on any atom is 0.416 e. The lowest BCUT2D eigenvalue weighted by molar-refractivity contribution is -0.148. The normalized spacial score (nSPS) is 27.4. The number of anilines is 1. The first-order chi connectivity index (χ1) is 23.9. The topological polar surface area (TPSA) is 82.6 Å². The van der Waals surface area contributed by atoms with Crippen LogP contribution in [-0.2, 0) is 20.5 Å². The maximum atomic E-state index is 17.5. The Morgan fingerprint density at radius 2 is 1.58 bits per heavy atom. The number of amides is 1. The minimum absolute atomic E-state index is 0.0198. The molecule has 3 aliphatic heterocycles. The zero-order chi connectivity index (χ0) is 35.6. The van der Waals surface area contributed by atoms with Gasteiger partial charge < -0.3 is 24.4 Å². The summed E-state index contributed by atoms with van der Waals surface area (Å²) in [5.74, 6) is -1.22. The SMILES string of the molecule is CCOC(=O)C1CCN(c2cc(C(F)(F)F)ccc2C2CCN(C(=O)[C@]3(F)CN([C@H]4CC[C@H](O)CC4)C[C@H]3c3ccc(OC)cc3)CC2)CC1. The third-order valence-corrected chi connectivity index (χ3v) is 11.5. The average molecular weight is 704 g/mol. The zero-order valence-corrected chi connectivity index (χ0v) is 29.0. The lowest BCUT2D eigenvalue weighted by Crippen LogP contribution is -2.53. The van der Waals surface area contributed by atoms with E-state index in [2.05, 4.69) is 4.90 Å². The summed E-state index contributed by atoms with van der Waals surface area (Å²) in [5, 5.41) is 10.1. The first-order valence-electron chi connectivity index (χ1n) is 18.1. The number of alkyl halides is 4. The number of carbonyl (C=O) groups excluding carboxylic acids is 2.